The van der Waals surface area contributed by atoms with Crippen LogP contribution in [0.25, 0.3) is 43.6 Å². The number of hydrogen-bond donors (Lipinski definition) is 2. The van der Waals surface area contributed by atoms with Gasteiger partial charge in [-0.2, -0.15) is 0 Å². The van der Waals surface area contributed by atoms with E-state index >= 15 is 0 Å². The highest BCUT2D eigenvalue weighted by molar-refractivity contribution is 6.15. The van der Waals surface area contributed by atoms with Crippen LogP contribution in [0.15, 0.2) is 78.9 Å². The van der Waals surface area contributed by atoms with Gasteiger partial charge in [0, 0.05) is 51.2 Å². The third kappa shape index (κ3) is 4.49. The summed E-state index contributed by atoms with van der Waals surface area (Å²) in [6.07, 6.45) is 5.31. The maximum atomic E-state index is 11.3. The van der Waals surface area contributed by atoms with Crippen LogP contribution in [0.4, 0.5) is 0 Å². The Bertz CT molecular complexity index is 1740. The predicted molar refractivity (Wildman–Crippen MR) is 157 cm³/mol. The van der Waals surface area contributed by atoms with Crippen LogP contribution in [0.1, 0.15) is 49.9 Å². The van der Waals surface area contributed by atoms with Crippen LogP contribution >= 0.6 is 0 Å². The molecule has 0 atom stereocenters. The summed E-state index contributed by atoms with van der Waals surface area (Å²) in [6.45, 7) is 6.32. The highest BCUT2D eigenvalue weighted by Gasteiger charge is 2.15. The summed E-state index contributed by atoms with van der Waals surface area (Å²) in [4.78, 5) is 11.3. The number of aromatic hydroxyl groups is 2. The molecule has 0 aliphatic rings. The fraction of sp³-hybridized carbons (Fsp3) is 0.242. The molecule has 5 heteroatoms. The van der Waals surface area contributed by atoms with E-state index in [0.29, 0.717) is 11.3 Å². The molecule has 0 fully saturated rings. The van der Waals surface area contributed by atoms with Gasteiger partial charge in [-0.15, -0.1) is 0 Å². The monoisotopic (exact) mass is 506 g/mol. The SMILES string of the molecule is CCCCn1c2ccccc2c2c(C=O)c(O)ccc21.CCCCn1c2ccccc2c2cc(O)ccc21. The van der Waals surface area contributed by atoms with Gasteiger partial charge >= 0.3 is 0 Å². The second kappa shape index (κ2) is 11.0. The van der Waals surface area contributed by atoms with Gasteiger partial charge in [0.05, 0.1) is 11.1 Å². The van der Waals surface area contributed by atoms with E-state index in [4.69, 9.17) is 0 Å². The van der Waals surface area contributed by atoms with E-state index in [9.17, 15) is 15.0 Å². The first-order valence-electron chi connectivity index (χ1n) is 13.5. The molecule has 6 rings (SSSR count). The maximum Gasteiger partial charge on any atom is 0.154 e. The number of carbonyl (C=O) groups is 1. The van der Waals surface area contributed by atoms with Crippen molar-refractivity contribution in [1.29, 1.82) is 0 Å². The molecule has 4 aromatic carbocycles. The molecular weight excluding hydrogens is 472 g/mol. The van der Waals surface area contributed by atoms with Crippen LogP contribution in [-0.4, -0.2) is 25.6 Å². The van der Waals surface area contributed by atoms with E-state index in [-0.39, 0.29) is 5.75 Å². The van der Waals surface area contributed by atoms with Crippen molar-refractivity contribution in [2.24, 2.45) is 0 Å². The Morgan fingerprint density at radius 2 is 1.21 bits per heavy atom. The van der Waals surface area contributed by atoms with E-state index in [2.05, 4.69) is 53.3 Å². The number of phenols is 2. The summed E-state index contributed by atoms with van der Waals surface area (Å²) in [5, 5.41) is 23.8. The minimum Gasteiger partial charge on any atom is -0.508 e. The van der Waals surface area contributed by atoms with Gasteiger partial charge in [-0.1, -0.05) is 63.1 Å². The first-order valence-corrected chi connectivity index (χ1v) is 13.5. The number of benzene rings is 4. The number of hydrogen-bond acceptors (Lipinski definition) is 3. The standard InChI is InChI=1S/C17H17NO2.C16H17NO/c1-2-3-10-18-14-7-5-4-6-12(14)17-13(11-19)16(20)9-8-15(17)18;1-2-3-10-17-15-7-5-4-6-13(15)14-11-12(18)8-9-16(14)17/h4-9,11,20H,2-3,10H2,1H3;4-9,11,18H,2-3,10H2,1H3. The van der Waals surface area contributed by atoms with Crippen molar-refractivity contribution in [3.63, 3.8) is 0 Å². The second-order valence-corrected chi connectivity index (χ2v) is 9.76. The second-order valence-electron chi connectivity index (χ2n) is 9.76. The molecule has 0 unspecified atom stereocenters. The summed E-state index contributed by atoms with van der Waals surface area (Å²) in [5.41, 5.74) is 4.98. The summed E-state index contributed by atoms with van der Waals surface area (Å²) >= 11 is 0. The molecule has 0 saturated heterocycles. The third-order valence-electron chi connectivity index (χ3n) is 7.30. The first-order chi connectivity index (χ1) is 18.6. The van der Waals surface area contributed by atoms with Gasteiger partial charge in [-0.3, -0.25) is 4.79 Å². The smallest absolute Gasteiger partial charge is 0.154 e. The third-order valence-corrected chi connectivity index (χ3v) is 7.30. The Balaban J connectivity index is 0.000000156. The van der Waals surface area contributed by atoms with E-state index < -0.39 is 0 Å². The van der Waals surface area contributed by atoms with Gasteiger partial charge in [0.15, 0.2) is 6.29 Å². The van der Waals surface area contributed by atoms with Crippen molar-refractivity contribution in [2.75, 3.05) is 0 Å². The van der Waals surface area contributed by atoms with Gasteiger partial charge in [0.2, 0.25) is 0 Å². The molecule has 0 aliphatic heterocycles. The van der Waals surface area contributed by atoms with Crippen molar-refractivity contribution in [3.05, 3.63) is 84.4 Å². The molecule has 0 bridgehead atoms. The van der Waals surface area contributed by atoms with Crippen LogP contribution in [0.2, 0.25) is 0 Å². The largest absolute Gasteiger partial charge is 0.508 e. The maximum absolute atomic E-state index is 11.3. The van der Waals surface area contributed by atoms with Crippen LogP contribution in [0, 0.1) is 0 Å². The summed E-state index contributed by atoms with van der Waals surface area (Å²) in [5.74, 6) is 0.381. The van der Waals surface area contributed by atoms with Crippen molar-refractivity contribution in [3.8, 4) is 11.5 Å². The zero-order valence-corrected chi connectivity index (χ0v) is 22.0. The lowest BCUT2D eigenvalue weighted by atomic mass is 10.1. The average molecular weight is 507 g/mol. The van der Waals surface area contributed by atoms with Crippen LogP contribution in [0.3, 0.4) is 0 Å². The van der Waals surface area contributed by atoms with Crippen molar-refractivity contribution >= 4 is 49.9 Å². The van der Waals surface area contributed by atoms with Crippen LogP contribution in [0.5, 0.6) is 11.5 Å². The average Bonchev–Trinajstić information content (AvgIpc) is 3.43. The number of rotatable bonds is 7. The minimum absolute atomic E-state index is 0.0471. The number of fused-ring (bicyclic) bond motifs is 6. The van der Waals surface area contributed by atoms with E-state index in [1.165, 1.54) is 29.3 Å². The van der Waals surface area contributed by atoms with Gasteiger partial charge in [-0.25, -0.2) is 0 Å². The van der Waals surface area contributed by atoms with Gasteiger partial charge < -0.3 is 19.3 Å². The summed E-state index contributed by atoms with van der Waals surface area (Å²) in [6, 6.07) is 25.6. The van der Waals surface area contributed by atoms with Crippen molar-refractivity contribution < 1.29 is 15.0 Å². The van der Waals surface area contributed by atoms with Crippen molar-refractivity contribution in [2.45, 2.75) is 52.6 Å². The van der Waals surface area contributed by atoms with E-state index in [1.807, 2.05) is 36.4 Å². The Morgan fingerprint density at radius 3 is 1.87 bits per heavy atom. The molecular formula is C33H34N2O3. The highest BCUT2D eigenvalue weighted by atomic mass is 16.3. The molecule has 194 valence electrons. The molecule has 2 aromatic heterocycles. The summed E-state index contributed by atoms with van der Waals surface area (Å²) < 4.78 is 4.59. The molecule has 2 N–H and O–H groups in total. The predicted octanol–water partition coefficient (Wildman–Crippen LogP) is 8.41. The molecule has 0 radical (unpaired) electrons. The van der Waals surface area contributed by atoms with E-state index in [0.717, 1.165) is 59.4 Å². The number of aldehydes is 1. The van der Waals surface area contributed by atoms with Crippen molar-refractivity contribution in [1.82, 2.24) is 9.13 Å². The Kier molecular flexibility index (Phi) is 7.36. The molecule has 0 spiro atoms. The number of aryl methyl sites for hydroxylation is 2. The zero-order valence-electron chi connectivity index (χ0n) is 22.0. The van der Waals surface area contributed by atoms with Crippen LogP contribution < -0.4 is 0 Å². The van der Waals surface area contributed by atoms with Gasteiger partial charge in [0.25, 0.3) is 0 Å². The molecule has 5 nitrogen and oxygen atoms in total. The highest BCUT2D eigenvalue weighted by Crippen LogP contribution is 2.35. The number of carbonyl (C=O) groups excluding carboxylic acids is 1. The molecule has 38 heavy (non-hydrogen) atoms. The fourth-order valence-corrected chi connectivity index (χ4v) is 5.43. The fourth-order valence-electron chi connectivity index (χ4n) is 5.43. The Hall–Kier alpha value is -4.25. The number of unbranched alkanes of at least 4 members (excludes halogenated alkanes) is 2. The van der Waals surface area contributed by atoms with Gasteiger partial charge in [0.1, 0.15) is 11.5 Å². The minimum atomic E-state index is 0.0471. The zero-order chi connectivity index (χ0) is 26.6. The molecule has 2 heterocycles. The quantitative estimate of drug-likeness (QED) is 0.214. The Labute approximate surface area is 222 Å². The van der Waals surface area contributed by atoms with E-state index in [1.54, 1.807) is 12.1 Å². The first kappa shape index (κ1) is 25.4. The van der Waals surface area contributed by atoms with Gasteiger partial charge in [-0.05, 0) is 55.3 Å². The lowest BCUT2D eigenvalue weighted by Crippen LogP contribution is -1.97. The molecule has 6 aromatic rings. The number of phenolic OH excluding ortho intramolecular Hbond substituents is 2. The topological polar surface area (TPSA) is 67.4 Å². The number of aromatic nitrogens is 2. The summed E-state index contributed by atoms with van der Waals surface area (Å²) in [7, 11) is 0. The van der Waals surface area contributed by atoms with Crippen LogP contribution in [-0.2, 0) is 13.1 Å². The lowest BCUT2D eigenvalue weighted by molar-refractivity contribution is 0.112. The normalized spacial score (nSPS) is 11.3. The molecule has 0 saturated carbocycles. The molecule has 0 aliphatic carbocycles. The number of para-hydroxylation sites is 2. The Morgan fingerprint density at radius 1 is 0.658 bits per heavy atom. The number of nitrogens with zero attached hydrogens (tertiary/aromatic N) is 2. The molecule has 0 amide bonds. The lowest BCUT2D eigenvalue weighted by Gasteiger charge is -2.06.